The predicted octanol–water partition coefficient (Wildman–Crippen LogP) is 4.68. The van der Waals surface area contributed by atoms with E-state index in [1.807, 2.05) is 25.1 Å². The van der Waals surface area contributed by atoms with Gasteiger partial charge in [-0.05, 0) is 48.2 Å². The Bertz CT molecular complexity index is 599. The lowest BCUT2D eigenvalue weighted by Crippen LogP contribution is -2.13. The number of aryl methyl sites for hydroxylation is 1. The zero-order valence-corrected chi connectivity index (χ0v) is 12.0. The lowest BCUT2D eigenvalue weighted by atomic mass is 9.98. The normalized spacial score (nSPS) is 12.5. The van der Waals surface area contributed by atoms with E-state index in [1.165, 1.54) is 12.1 Å². The van der Waals surface area contributed by atoms with Crippen molar-refractivity contribution in [2.24, 2.45) is 5.73 Å². The minimum absolute atomic E-state index is 0.195. The third-order valence-electron chi connectivity index (χ3n) is 3.07. The molecule has 0 aliphatic carbocycles. The van der Waals surface area contributed by atoms with Crippen LogP contribution in [0.5, 0.6) is 0 Å². The molecule has 0 saturated carbocycles. The van der Waals surface area contributed by atoms with Crippen molar-refractivity contribution in [2.75, 3.05) is 0 Å². The van der Waals surface area contributed by atoms with Crippen LogP contribution in [0.1, 0.15) is 22.7 Å². The van der Waals surface area contributed by atoms with Gasteiger partial charge in [0, 0.05) is 16.1 Å². The van der Waals surface area contributed by atoms with Crippen LogP contribution in [0, 0.1) is 12.7 Å². The standard InChI is InChI=1S/C15H14Cl2FN/c1-9-6-11(3-5-13(9)16)15(19)7-10-2-4-12(18)8-14(10)17/h2-6,8,15H,7,19H2,1H3. The van der Waals surface area contributed by atoms with Gasteiger partial charge in [-0.1, -0.05) is 41.4 Å². The second kappa shape index (κ2) is 5.91. The molecule has 0 fully saturated rings. The second-order valence-corrected chi connectivity index (χ2v) is 5.37. The zero-order chi connectivity index (χ0) is 14.0. The first kappa shape index (κ1) is 14.3. The molecule has 1 atom stereocenters. The molecule has 1 unspecified atom stereocenters. The molecule has 0 aliphatic heterocycles. The van der Waals surface area contributed by atoms with E-state index >= 15 is 0 Å². The molecule has 4 heteroatoms. The van der Waals surface area contributed by atoms with Gasteiger partial charge < -0.3 is 5.73 Å². The van der Waals surface area contributed by atoms with E-state index in [-0.39, 0.29) is 11.9 Å². The molecular weight excluding hydrogens is 284 g/mol. The SMILES string of the molecule is Cc1cc(C(N)Cc2ccc(F)cc2Cl)ccc1Cl. The minimum atomic E-state index is -0.343. The molecule has 2 rings (SSSR count). The summed E-state index contributed by atoms with van der Waals surface area (Å²) in [6.45, 7) is 1.93. The van der Waals surface area contributed by atoms with Crippen LogP contribution in [0.2, 0.25) is 10.0 Å². The van der Waals surface area contributed by atoms with Gasteiger partial charge in [-0.15, -0.1) is 0 Å². The van der Waals surface area contributed by atoms with Gasteiger partial charge >= 0.3 is 0 Å². The fourth-order valence-electron chi connectivity index (χ4n) is 1.94. The van der Waals surface area contributed by atoms with Crippen LogP contribution in [-0.4, -0.2) is 0 Å². The highest BCUT2D eigenvalue weighted by atomic mass is 35.5. The van der Waals surface area contributed by atoms with E-state index in [1.54, 1.807) is 6.07 Å². The topological polar surface area (TPSA) is 26.0 Å². The summed E-state index contributed by atoms with van der Waals surface area (Å²) >= 11 is 12.0. The van der Waals surface area contributed by atoms with Crippen molar-refractivity contribution in [3.8, 4) is 0 Å². The molecule has 0 saturated heterocycles. The summed E-state index contributed by atoms with van der Waals surface area (Å²) in [5.74, 6) is -0.343. The van der Waals surface area contributed by atoms with Crippen molar-refractivity contribution in [3.05, 3.63) is 69.0 Å². The van der Waals surface area contributed by atoms with Crippen LogP contribution in [0.15, 0.2) is 36.4 Å². The fourth-order valence-corrected chi connectivity index (χ4v) is 2.30. The van der Waals surface area contributed by atoms with Crippen molar-refractivity contribution in [1.29, 1.82) is 0 Å². The van der Waals surface area contributed by atoms with Gasteiger partial charge in [0.2, 0.25) is 0 Å². The Morgan fingerprint density at radius 1 is 1.11 bits per heavy atom. The summed E-state index contributed by atoms with van der Waals surface area (Å²) in [5.41, 5.74) is 8.97. The van der Waals surface area contributed by atoms with Gasteiger partial charge in [0.05, 0.1) is 0 Å². The first-order valence-electron chi connectivity index (χ1n) is 5.93. The molecule has 0 radical (unpaired) electrons. The molecule has 0 amide bonds. The Morgan fingerprint density at radius 2 is 1.84 bits per heavy atom. The fraction of sp³-hybridized carbons (Fsp3) is 0.200. The van der Waals surface area contributed by atoms with Crippen molar-refractivity contribution in [2.45, 2.75) is 19.4 Å². The Balaban J connectivity index is 2.20. The number of halogens is 3. The molecule has 2 aromatic rings. The molecule has 1 nitrogen and oxygen atoms in total. The van der Waals surface area contributed by atoms with Crippen molar-refractivity contribution < 1.29 is 4.39 Å². The highest BCUT2D eigenvalue weighted by molar-refractivity contribution is 6.31. The second-order valence-electron chi connectivity index (χ2n) is 4.55. The third kappa shape index (κ3) is 3.47. The quantitative estimate of drug-likeness (QED) is 0.874. The summed E-state index contributed by atoms with van der Waals surface area (Å²) in [6, 6.07) is 9.86. The van der Waals surface area contributed by atoms with Gasteiger partial charge in [0.15, 0.2) is 0 Å². The van der Waals surface area contributed by atoms with Crippen LogP contribution in [-0.2, 0) is 6.42 Å². The molecular formula is C15H14Cl2FN. The lowest BCUT2D eigenvalue weighted by Gasteiger charge is -2.14. The lowest BCUT2D eigenvalue weighted by molar-refractivity contribution is 0.625. The highest BCUT2D eigenvalue weighted by Gasteiger charge is 2.11. The maximum Gasteiger partial charge on any atom is 0.124 e. The van der Waals surface area contributed by atoms with E-state index in [4.69, 9.17) is 28.9 Å². The Hall–Kier alpha value is -1.09. The Labute approximate surface area is 122 Å². The third-order valence-corrected chi connectivity index (χ3v) is 3.84. The maximum atomic E-state index is 13.0. The maximum absolute atomic E-state index is 13.0. The van der Waals surface area contributed by atoms with Crippen LogP contribution in [0.3, 0.4) is 0 Å². The minimum Gasteiger partial charge on any atom is -0.324 e. The van der Waals surface area contributed by atoms with Gasteiger partial charge in [0.25, 0.3) is 0 Å². The molecule has 2 N–H and O–H groups in total. The number of benzene rings is 2. The number of rotatable bonds is 3. The monoisotopic (exact) mass is 297 g/mol. The average molecular weight is 298 g/mol. The zero-order valence-electron chi connectivity index (χ0n) is 10.5. The van der Waals surface area contributed by atoms with Crippen LogP contribution >= 0.6 is 23.2 Å². The molecule has 2 aromatic carbocycles. The number of nitrogens with two attached hydrogens (primary N) is 1. The predicted molar refractivity (Wildman–Crippen MR) is 78.2 cm³/mol. The molecule has 0 aliphatic rings. The van der Waals surface area contributed by atoms with Gasteiger partial charge in [-0.2, -0.15) is 0 Å². The van der Waals surface area contributed by atoms with E-state index in [0.717, 1.165) is 21.7 Å². The van der Waals surface area contributed by atoms with Crippen LogP contribution in [0.4, 0.5) is 4.39 Å². The largest absolute Gasteiger partial charge is 0.324 e. The average Bonchev–Trinajstić information content (AvgIpc) is 2.36. The van der Waals surface area contributed by atoms with E-state index in [2.05, 4.69) is 0 Å². The molecule has 100 valence electrons. The summed E-state index contributed by atoms with van der Waals surface area (Å²) in [6.07, 6.45) is 0.556. The van der Waals surface area contributed by atoms with Crippen LogP contribution in [0.25, 0.3) is 0 Å². The van der Waals surface area contributed by atoms with Crippen molar-refractivity contribution in [1.82, 2.24) is 0 Å². The van der Waals surface area contributed by atoms with Gasteiger partial charge in [-0.3, -0.25) is 0 Å². The first-order chi connectivity index (χ1) is 8.97. The molecule has 0 bridgehead atoms. The van der Waals surface area contributed by atoms with E-state index in [9.17, 15) is 4.39 Å². The number of hydrogen-bond acceptors (Lipinski definition) is 1. The number of hydrogen-bond donors (Lipinski definition) is 1. The smallest absolute Gasteiger partial charge is 0.124 e. The highest BCUT2D eigenvalue weighted by Crippen LogP contribution is 2.25. The Kier molecular flexibility index (Phi) is 4.46. The summed E-state index contributed by atoms with van der Waals surface area (Å²) < 4.78 is 13.0. The summed E-state index contributed by atoms with van der Waals surface area (Å²) in [5, 5.41) is 1.12. The summed E-state index contributed by atoms with van der Waals surface area (Å²) in [7, 11) is 0. The molecule has 0 spiro atoms. The van der Waals surface area contributed by atoms with E-state index < -0.39 is 0 Å². The summed E-state index contributed by atoms with van der Waals surface area (Å²) in [4.78, 5) is 0. The molecule has 0 heterocycles. The van der Waals surface area contributed by atoms with Crippen molar-refractivity contribution in [3.63, 3.8) is 0 Å². The van der Waals surface area contributed by atoms with Gasteiger partial charge in [0.1, 0.15) is 5.82 Å². The van der Waals surface area contributed by atoms with Crippen molar-refractivity contribution >= 4 is 23.2 Å². The molecule has 19 heavy (non-hydrogen) atoms. The van der Waals surface area contributed by atoms with E-state index in [0.29, 0.717) is 11.4 Å². The van der Waals surface area contributed by atoms with Gasteiger partial charge in [-0.25, -0.2) is 4.39 Å². The molecule has 0 aromatic heterocycles. The first-order valence-corrected chi connectivity index (χ1v) is 6.68. The Morgan fingerprint density at radius 3 is 2.47 bits per heavy atom. The van der Waals surface area contributed by atoms with Crippen LogP contribution < -0.4 is 5.73 Å².